The number of likely N-dealkylation sites (tertiary alicyclic amines) is 1. The van der Waals surface area contributed by atoms with Crippen LogP contribution in [0.25, 0.3) is 22.2 Å². The topological polar surface area (TPSA) is 98.6 Å². The van der Waals surface area contributed by atoms with Gasteiger partial charge in [-0.15, -0.1) is 0 Å². The second-order valence-corrected chi connectivity index (χ2v) is 8.23. The van der Waals surface area contributed by atoms with E-state index in [-0.39, 0.29) is 0 Å². The number of aryl methyl sites for hydroxylation is 1. The molecule has 7 nitrogen and oxygen atoms in total. The van der Waals surface area contributed by atoms with Crippen LogP contribution >= 0.6 is 0 Å². The van der Waals surface area contributed by atoms with E-state index in [1.807, 2.05) is 19.1 Å². The van der Waals surface area contributed by atoms with Crippen molar-refractivity contribution in [1.29, 1.82) is 0 Å². The van der Waals surface area contributed by atoms with Gasteiger partial charge in [0.05, 0.1) is 17.4 Å². The highest BCUT2D eigenvalue weighted by Crippen LogP contribution is 2.39. The molecule has 0 amide bonds. The van der Waals surface area contributed by atoms with Crippen LogP contribution in [0.3, 0.4) is 0 Å². The van der Waals surface area contributed by atoms with Crippen LogP contribution in [0.2, 0.25) is 0 Å². The molecular weight excluding hydrogens is 382 g/mol. The van der Waals surface area contributed by atoms with Gasteiger partial charge in [-0.2, -0.15) is 0 Å². The van der Waals surface area contributed by atoms with E-state index >= 15 is 0 Å². The SMILES string of the molecule is CCc1c(-c2ccc3cc4n(c3c2)C(N2CCCC2)CC4)[nH]c(=O)c(C(=O)O)c1O. The van der Waals surface area contributed by atoms with Gasteiger partial charge in [0.1, 0.15) is 5.75 Å². The van der Waals surface area contributed by atoms with Crippen molar-refractivity contribution in [3.05, 3.63) is 51.4 Å². The lowest BCUT2D eigenvalue weighted by atomic mass is 9.99. The fraction of sp³-hybridized carbons (Fsp3) is 0.391. The third-order valence-electron chi connectivity index (χ3n) is 6.59. The predicted molar refractivity (Wildman–Crippen MR) is 114 cm³/mol. The first-order chi connectivity index (χ1) is 14.5. The first-order valence-corrected chi connectivity index (χ1v) is 10.6. The van der Waals surface area contributed by atoms with Gasteiger partial charge < -0.3 is 19.8 Å². The van der Waals surface area contributed by atoms with Gasteiger partial charge in [0.15, 0.2) is 5.56 Å². The Kier molecular flexibility index (Phi) is 4.43. The monoisotopic (exact) mass is 407 g/mol. The third kappa shape index (κ3) is 2.76. The molecule has 156 valence electrons. The summed E-state index contributed by atoms with van der Waals surface area (Å²) in [7, 11) is 0. The molecular formula is C23H25N3O4. The summed E-state index contributed by atoms with van der Waals surface area (Å²) in [5, 5.41) is 20.9. The van der Waals surface area contributed by atoms with Crippen LogP contribution in [0.5, 0.6) is 5.75 Å². The smallest absolute Gasteiger partial charge is 0.345 e. The highest BCUT2D eigenvalue weighted by molar-refractivity contribution is 5.92. The zero-order valence-corrected chi connectivity index (χ0v) is 16.9. The number of carbonyl (C=O) groups is 1. The van der Waals surface area contributed by atoms with Crippen LogP contribution in [-0.4, -0.2) is 43.7 Å². The van der Waals surface area contributed by atoms with E-state index in [2.05, 4.69) is 26.6 Å². The van der Waals surface area contributed by atoms with E-state index in [0.29, 0.717) is 23.8 Å². The minimum absolute atomic E-state index is 0.364. The Morgan fingerprint density at radius 3 is 2.70 bits per heavy atom. The number of fused-ring (bicyclic) bond motifs is 3. The van der Waals surface area contributed by atoms with Gasteiger partial charge in [0.25, 0.3) is 5.56 Å². The molecule has 3 N–H and O–H groups in total. The van der Waals surface area contributed by atoms with Crippen LogP contribution in [0.1, 0.15) is 54.0 Å². The van der Waals surface area contributed by atoms with Gasteiger partial charge in [0, 0.05) is 29.9 Å². The van der Waals surface area contributed by atoms with Crippen LogP contribution in [0, 0.1) is 0 Å². The first kappa shape index (κ1) is 18.9. The number of H-pyrrole nitrogens is 1. The number of aromatic nitrogens is 2. The molecule has 2 aromatic heterocycles. The molecule has 0 bridgehead atoms. The number of aromatic amines is 1. The normalized spacial score (nSPS) is 18.9. The number of carboxylic acid groups (broad SMARTS) is 1. The maximum Gasteiger partial charge on any atom is 0.345 e. The standard InChI is InChI=1S/C23H25N3O4/c1-2-16-20(24-22(28)19(21(16)27)23(29)30)14-6-5-13-11-15-7-8-18(25-9-3-4-10-25)26(15)17(13)12-14/h5-6,11-12,18H,2-4,7-10H2,1H3,(H,29,30)(H2,24,27,28). The number of carboxylic acids is 1. The molecule has 0 radical (unpaired) electrons. The van der Waals surface area contributed by atoms with Crippen molar-refractivity contribution in [1.82, 2.24) is 14.5 Å². The van der Waals surface area contributed by atoms with Crippen LogP contribution < -0.4 is 5.56 Å². The van der Waals surface area contributed by atoms with E-state index in [0.717, 1.165) is 42.4 Å². The van der Waals surface area contributed by atoms with E-state index in [4.69, 9.17) is 0 Å². The lowest BCUT2D eigenvalue weighted by molar-refractivity contribution is 0.0691. The number of benzene rings is 1. The number of nitrogens with one attached hydrogen (secondary N) is 1. The minimum Gasteiger partial charge on any atom is -0.506 e. The Morgan fingerprint density at radius 2 is 2.00 bits per heavy atom. The minimum atomic E-state index is -1.43. The van der Waals surface area contributed by atoms with Crippen molar-refractivity contribution >= 4 is 16.9 Å². The number of rotatable bonds is 4. The first-order valence-electron chi connectivity index (χ1n) is 10.6. The number of aromatic hydroxyl groups is 1. The molecule has 4 heterocycles. The van der Waals surface area contributed by atoms with E-state index in [9.17, 15) is 19.8 Å². The van der Waals surface area contributed by atoms with E-state index in [1.54, 1.807) is 0 Å². The summed E-state index contributed by atoms with van der Waals surface area (Å²) in [6.45, 7) is 4.09. The van der Waals surface area contributed by atoms with Crippen LogP contribution in [0.15, 0.2) is 29.1 Å². The molecule has 0 spiro atoms. The zero-order chi connectivity index (χ0) is 21.0. The van der Waals surface area contributed by atoms with Crippen molar-refractivity contribution in [3.63, 3.8) is 0 Å². The van der Waals surface area contributed by atoms with Crippen molar-refractivity contribution in [3.8, 4) is 17.0 Å². The Hall–Kier alpha value is -3.06. The largest absolute Gasteiger partial charge is 0.506 e. The molecule has 1 aromatic carbocycles. The fourth-order valence-electron chi connectivity index (χ4n) is 5.19. The summed E-state index contributed by atoms with van der Waals surface area (Å²) in [6, 6.07) is 8.26. The summed E-state index contributed by atoms with van der Waals surface area (Å²) < 4.78 is 2.42. The molecule has 5 rings (SSSR count). The van der Waals surface area contributed by atoms with Gasteiger partial charge in [-0.25, -0.2) is 4.79 Å². The molecule has 0 aliphatic carbocycles. The molecule has 1 unspecified atom stereocenters. The molecule has 3 aromatic rings. The molecule has 1 fully saturated rings. The zero-order valence-electron chi connectivity index (χ0n) is 16.9. The number of pyridine rings is 1. The number of hydrogen-bond donors (Lipinski definition) is 3. The number of aromatic carboxylic acids is 1. The van der Waals surface area contributed by atoms with Crippen molar-refractivity contribution in [2.75, 3.05) is 13.1 Å². The lowest BCUT2D eigenvalue weighted by Gasteiger charge is -2.26. The molecule has 2 aliphatic heterocycles. The molecule has 1 atom stereocenters. The van der Waals surface area contributed by atoms with Crippen molar-refractivity contribution < 1.29 is 15.0 Å². The highest BCUT2D eigenvalue weighted by atomic mass is 16.4. The number of hydrogen-bond acceptors (Lipinski definition) is 4. The Morgan fingerprint density at radius 1 is 1.23 bits per heavy atom. The van der Waals surface area contributed by atoms with Crippen molar-refractivity contribution in [2.24, 2.45) is 0 Å². The van der Waals surface area contributed by atoms with Crippen LogP contribution in [0.4, 0.5) is 0 Å². The molecule has 1 saturated heterocycles. The van der Waals surface area contributed by atoms with E-state index < -0.39 is 22.8 Å². The summed E-state index contributed by atoms with van der Waals surface area (Å²) in [4.78, 5) is 29.0. The highest BCUT2D eigenvalue weighted by Gasteiger charge is 2.31. The maximum absolute atomic E-state index is 12.4. The Bertz CT molecular complexity index is 1220. The second-order valence-electron chi connectivity index (χ2n) is 8.23. The molecule has 7 heteroatoms. The molecule has 0 saturated carbocycles. The average Bonchev–Trinajstić information content (AvgIpc) is 3.43. The summed E-state index contributed by atoms with van der Waals surface area (Å²) >= 11 is 0. The third-order valence-corrected chi connectivity index (χ3v) is 6.59. The Labute approximate surface area is 173 Å². The lowest BCUT2D eigenvalue weighted by Crippen LogP contribution is -2.27. The molecule has 30 heavy (non-hydrogen) atoms. The maximum atomic E-state index is 12.4. The summed E-state index contributed by atoms with van der Waals surface area (Å²) in [5.41, 5.74) is 2.75. The predicted octanol–water partition coefficient (Wildman–Crippen LogP) is 3.50. The summed E-state index contributed by atoms with van der Waals surface area (Å²) in [6.07, 6.45) is 5.41. The van der Waals surface area contributed by atoms with Gasteiger partial charge in [-0.05, 0) is 49.6 Å². The quantitative estimate of drug-likeness (QED) is 0.615. The fourth-order valence-corrected chi connectivity index (χ4v) is 5.19. The number of nitrogens with zero attached hydrogens (tertiary/aromatic N) is 2. The van der Waals surface area contributed by atoms with Gasteiger partial charge in [-0.3, -0.25) is 9.69 Å². The van der Waals surface area contributed by atoms with E-state index in [1.165, 1.54) is 18.5 Å². The second kappa shape index (κ2) is 7.02. The molecule has 2 aliphatic rings. The van der Waals surface area contributed by atoms with Crippen molar-refractivity contribution in [2.45, 2.75) is 45.2 Å². The van der Waals surface area contributed by atoms with Crippen LogP contribution in [-0.2, 0) is 12.8 Å². The summed E-state index contributed by atoms with van der Waals surface area (Å²) in [5.74, 6) is -1.87. The van der Waals surface area contributed by atoms with Gasteiger partial charge in [-0.1, -0.05) is 19.1 Å². The average molecular weight is 407 g/mol. The Balaban J connectivity index is 1.67. The van der Waals surface area contributed by atoms with Gasteiger partial charge >= 0.3 is 5.97 Å². The van der Waals surface area contributed by atoms with Gasteiger partial charge in [0.2, 0.25) is 0 Å².